The molecule has 1 amide bonds. The van der Waals surface area contributed by atoms with Gasteiger partial charge in [0.2, 0.25) is 5.91 Å². The van der Waals surface area contributed by atoms with Gasteiger partial charge in [0.1, 0.15) is 5.82 Å². The van der Waals surface area contributed by atoms with Gasteiger partial charge in [-0.05, 0) is 36.5 Å². The number of carbonyl (C=O) groups excluding carboxylic acids is 1. The Balaban J connectivity index is 1.27. The van der Waals surface area contributed by atoms with Gasteiger partial charge < -0.3 is 9.88 Å². The van der Waals surface area contributed by atoms with E-state index in [1.54, 1.807) is 4.68 Å². The van der Waals surface area contributed by atoms with Gasteiger partial charge in [0.15, 0.2) is 11.2 Å². The highest BCUT2D eigenvalue weighted by Crippen LogP contribution is 2.26. The van der Waals surface area contributed by atoms with Crippen LogP contribution in [0.5, 0.6) is 0 Å². The standard InChI is InChI=1S/C25H25ClN6O2/c26-20-9-5-4-8-19(20)16-32-24-22(29-30-32)25(34)28-23(27-24)18-12-14-31(15-13-18)21(33)11-10-17-6-2-1-3-7-17/h1-9,18H,10-16H2,(H,27,28,34). The van der Waals surface area contributed by atoms with Gasteiger partial charge in [0.25, 0.3) is 5.56 Å². The summed E-state index contributed by atoms with van der Waals surface area (Å²) in [5, 5.41) is 8.78. The number of aromatic nitrogens is 5. The van der Waals surface area contributed by atoms with Crippen LogP contribution in [0.25, 0.3) is 11.2 Å². The number of aromatic amines is 1. The molecule has 2 aromatic heterocycles. The molecule has 0 bridgehead atoms. The first kappa shape index (κ1) is 22.3. The van der Waals surface area contributed by atoms with E-state index < -0.39 is 0 Å². The number of rotatable bonds is 6. The number of hydrogen-bond donors (Lipinski definition) is 1. The number of nitrogens with one attached hydrogen (secondary N) is 1. The predicted octanol–water partition coefficient (Wildman–Crippen LogP) is 3.56. The molecule has 8 nitrogen and oxygen atoms in total. The summed E-state index contributed by atoms with van der Waals surface area (Å²) in [5.41, 5.74) is 2.40. The SMILES string of the molecule is O=C(CCc1ccccc1)N1CCC(c2nc3c(nnn3Cc3ccccc3Cl)c(=O)[nH]2)CC1. The molecule has 174 valence electrons. The monoisotopic (exact) mass is 476 g/mol. The van der Waals surface area contributed by atoms with E-state index in [1.807, 2.05) is 59.5 Å². The van der Waals surface area contributed by atoms with E-state index in [-0.39, 0.29) is 22.9 Å². The molecule has 0 aliphatic carbocycles. The first-order chi connectivity index (χ1) is 16.6. The van der Waals surface area contributed by atoms with Crippen LogP contribution >= 0.6 is 11.6 Å². The summed E-state index contributed by atoms with van der Waals surface area (Å²) >= 11 is 6.29. The Morgan fingerprint density at radius 1 is 1.06 bits per heavy atom. The zero-order chi connectivity index (χ0) is 23.5. The van der Waals surface area contributed by atoms with E-state index in [1.165, 1.54) is 5.56 Å². The number of hydrogen-bond acceptors (Lipinski definition) is 5. The Labute approximate surface area is 201 Å². The highest BCUT2D eigenvalue weighted by molar-refractivity contribution is 6.31. The van der Waals surface area contributed by atoms with Crippen molar-refractivity contribution < 1.29 is 4.79 Å². The fourth-order valence-electron chi connectivity index (χ4n) is 4.43. The van der Waals surface area contributed by atoms with E-state index in [0.717, 1.165) is 24.8 Å². The molecule has 1 N–H and O–H groups in total. The van der Waals surface area contributed by atoms with Gasteiger partial charge in [0.05, 0.1) is 6.54 Å². The molecule has 1 saturated heterocycles. The Morgan fingerprint density at radius 2 is 1.79 bits per heavy atom. The van der Waals surface area contributed by atoms with Crippen LogP contribution in [0.1, 0.15) is 42.1 Å². The highest BCUT2D eigenvalue weighted by atomic mass is 35.5. The number of halogens is 1. The van der Waals surface area contributed by atoms with Crippen LogP contribution < -0.4 is 5.56 Å². The van der Waals surface area contributed by atoms with E-state index in [9.17, 15) is 9.59 Å². The summed E-state index contributed by atoms with van der Waals surface area (Å²) in [4.78, 5) is 34.9. The van der Waals surface area contributed by atoms with Crippen LogP contribution in [0.3, 0.4) is 0 Å². The number of carbonyl (C=O) groups is 1. The molecule has 5 rings (SSSR count). The first-order valence-corrected chi connectivity index (χ1v) is 11.8. The van der Waals surface area contributed by atoms with Crippen molar-refractivity contribution in [3.63, 3.8) is 0 Å². The third-order valence-electron chi connectivity index (χ3n) is 6.37. The molecule has 9 heteroatoms. The van der Waals surface area contributed by atoms with Crippen LogP contribution in [0.2, 0.25) is 5.02 Å². The lowest BCUT2D eigenvalue weighted by atomic mass is 9.95. The van der Waals surface area contributed by atoms with Crippen molar-refractivity contribution in [2.45, 2.75) is 38.1 Å². The fourth-order valence-corrected chi connectivity index (χ4v) is 4.62. The largest absolute Gasteiger partial charge is 0.343 e. The summed E-state index contributed by atoms with van der Waals surface area (Å²) in [7, 11) is 0. The fraction of sp³-hybridized carbons (Fsp3) is 0.320. The molecule has 1 aliphatic heterocycles. The lowest BCUT2D eigenvalue weighted by Crippen LogP contribution is -2.38. The molecule has 3 heterocycles. The van der Waals surface area contributed by atoms with Crippen LogP contribution in [-0.4, -0.2) is 48.9 Å². The summed E-state index contributed by atoms with van der Waals surface area (Å²) < 4.78 is 1.61. The third kappa shape index (κ3) is 4.72. The second-order valence-corrected chi connectivity index (χ2v) is 9.01. The maximum absolute atomic E-state index is 12.7. The number of nitrogens with zero attached hydrogens (tertiary/aromatic N) is 5. The van der Waals surface area contributed by atoms with Gasteiger partial charge >= 0.3 is 0 Å². The molecule has 0 spiro atoms. The van der Waals surface area contributed by atoms with Crippen LogP contribution in [-0.2, 0) is 17.8 Å². The average Bonchev–Trinajstić information content (AvgIpc) is 3.28. The Hall–Kier alpha value is -3.52. The van der Waals surface area contributed by atoms with Crippen LogP contribution in [0.4, 0.5) is 0 Å². The average molecular weight is 477 g/mol. The van der Waals surface area contributed by atoms with Crippen LogP contribution in [0.15, 0.2) is 59.4 Å². The molecule has 4 aromatic rings. The first-order valence-electron chi connectivity index (χ1n) is 11.5. The van der Waals surface area contributed by atoms with Crippen molar-refractivity contribution in [1.82, 2.24) is 29.9 Å². The normalized spacial score (nSPS) is 14.6. The lowest BCUT2D eigenvalue weighted by Gasteiger charge is -2.31. The number of fused-ring (bicyclic) bond motifs is 1. The molecule has 0 saturated carbocycles. The van der Waals surface area contributed by atoms with Crippen molar-refractivity contribution in [2.24, 2.45) is 0 Å². The summed E-state index contributed by atoms with van der Waals surface area (Å²) in [5.74, 6) is 0.858. The molecule has 0 radical (unpaired) electrons. The third-order valence-corrected chi connectivity index (χ3v) is 6.74. The Morgan fingerprint density at radius 3 is 2.56 bits per heavy atom. The van der Waals surface area contributed by atoms with Crippen molar-refractivity contribution in [2.75, 3.05) is 13.1 Å². The molecule has 0 atom stereocenters. The predicted molar refractivity (Wildman–Crippen MR) is 130 cm³/mol. The minimum Gasteiger partial charge on any atom is -0.343 e. The highest BCUT2D eigenvalue weighted by Gasteiger charge is 2.26. The van der Waals surface area contributed by atoms with Gasteiger partial charge in [-0.1, -0.05) is 65.3 Å². The maximum atomic E-state index is 12.7. The minimum atomic E-state index is -0.299. The number of H-pyrrole nitrogens is 1. The molecular formula is C25H25ClN6O2. The van der Waals surface area contributed by atoms with Gasteiger partial charge in [0, 0.05) is 30.5 Å². The lowest BCUT2D eigenvalue weighted by molar-refractivity contribution is -0.132. The second kappa shape index (κ2) is 9.77. The quantitative estimate of drug-likeness (QED) is 0.459. The zero-order valence-corrected chi connectivity index (χ0v) is 19.4. The van der Waals surface area contributed by atoms with Crippen molar-refractivity contribution in [1.29, 1.82) is 0 Å². The maximum Gasteiger partial charge on any atom is 0.281 e. The topological polar surface area (TPSA) is 96.8 Å². The zero-order valence-electron chi connectivity index (χ0n) is 18.7. The van der Waals surface area contributed by atoms with E-state index in [0.29, 0.717) is 42.5 Å². The second-order valence-electron chi connectivity index (χ2n) is 8.60. The van der Waals surface area contributed by atoms with E-state index in [4.69, 9.17) is 16.6 Å². The molecular weight excluding hydrogens is 452 g/mol. The number of aryl methyl sites for hydroxylation is 1. The number of amides is 1. The summed E-state index contributed by atoms with van der Waals surface area (Å²) in [6, 6.07) is 17.5. The summed E-state index contributed by atoms with van der Waals surface area (Å²) in [6.07, 6.45) is 2.74. The van der Waals surface area contributed by atoms with Gasteiger partial charge in [-0.15, -0.1) is 5.10 Å². The van der Waals surface area contributed by atoms with E-state index in [2.05, 4.69) is 15.3 Å². The molecule has 0 unspecified atom stereocenters. The number of benzene rings is 2. The smallest absolute Gasteiger partial charge is 0.281 e. The minimum absolute atomic E-state index is 0.0685. The van der Waals surface area contributed by atoms with E-state index >= 15 is 0 Å². The summed E-state index contributed by atoms with van der Waals surface area (Å²) in [6.45, 7) is 1.68. The van der Waals surface area contributed by atoms with Crippen molar-refractivity contribution >= 4 is 28.7 Å². The molecule has 34 heavy (non-hydrogen) atoms. The van der Waals surface area contributed by atoms with Gasteiger partial charge in [-0.2, -0.15) is 0 Å². The molecule has 1 fully saturated rings. The molecule has 1 aliphatic rings. The van der Waals surface area contributed by atoms with Crippen molar-refractivity contribution in [3.05, 3.63) is 86.9 Å². The van der Waals surface area contributed by atoms with Gasteiger partial charge in [-0.3, -0.25) is 9.59 Å². The number of likely N-dealkylation sites (tertiary alicyclic amines) is 1. The van der Waals surface area contributed by atoms with Crippen LogP contribution in [0, 0.1) is 0 Å². The van der Waals surface area contributed by atoms with Gasteiger partial charge in [-0.25, -0.2) is 9.67 Å². The Kier molecular flexibility index (Phi) is 6.40. The number of piperidine rings is 1. The Bertz CT molecular complexity index is 1360. The molecule has 2 aromatic carbocycles. The van der Waals surface area contributed by atoms with Crippen molar-refractivity contribution in [3.8, 4) is 0 Å².